The van der Waals surface area contributed by atoms with Crippen molar-refractivity contribution < 1.29 is 14.7 Å². The Morgan fingerprint density at radius 1 is 1.10 bits per heavy atom. The average molecular weight is 434 g/mol. The molecular formula is C23H35N3O3S. The van der Waals surface area contributed by atoms with Gasteiger partial charge in [-0.25, -0.2) is 4.79 Å². The van der Waals surface area contributed by atoms with Gasteiger partial charge in [0.05, 0.1) is 17.7 Å². The van der Waals surface area contributed by atoms with Crippen LogP contribution in [0.4, 0.5) is 4.79 Å². The Morgan fingerprint density at radius 3 is 2.47 bits per heavy atom. The second-order valence-electron chi connectivity index (χ2n) is 9.51. The maximum absolute atomic E-state index is 13.3. The molecule has 0 spiro atoms. The van der Waals surface area contributed by atoms with Gasteiger partial charge in [-0.15, -0.1) is 11.3 Å². The Morgan fingerprint density at radius 2 is 1.80 bits per heavy atom. The zero-order valence-electron chi connectivity index (χ0n) is 17.9. The lowest BCUT2D eigenvalue weighted by Gasteiger charge is -2.49. The summed E-state index contributed by atoms with van der Waals surface area (Å²) in [6.45, 7) is 2.27. The van der Waals surface area contributed by atoms with Crippen molar-refractivity contribution in [1.82, 2.24) is 15.5 Å². The molecule has 3 amide bonds. The molecule has 3 N–H and O–H groups in total. The maximum atomic E-state index is 13.3. The molecule has 1 aliphatic heterocycles. The Balaban J connectivity index is 1.56. The highest BCUT2D eigenvalue weighted by atomic mass is 32.1. The molecule has 30 heavy (non-hydrogen) atoms. The molecule has 6 nitrogen and oxygen atoms in total. The lowest BCUT2D eigenvalue weighted by atomic mass is 9.81. The fourth-order valence-corrected chi connectivity index (χ4v) is 6.24. The Hall–Kier alpha value is -1.60. The molecule has 0 bridgehead atoms. The monoisotopic (exact) mass is 433 g/mol. The van der Waals surface area contributed by atoms with Crippen LogP contribution in [0, 0.1) is 5.92 Å². The fourth-order valence-electron chi connectivity index (χ4n) is 5.36. The molecule has 166 valence electrons. The molecule has 2 heterocycles. The van der Waals surface area contributed by atoms with Crippen LogP contribution in [0.3, 0.4) is 0 Å². The van der Waals surface area contributed by atoms with Gasteiger partial charge >= 0.3 is 6.03 Å². The van der Waals surface area contributed by atoms with E-state index in [0.717, 1.165) is 56.2 Å². The van der Waals surface area contributed by atoms with Gasteiger partial charge in [0.1, 0.15) is 0 Å². The van der Waals surface area contributed by atoms with Crippen molar-refractivity contribution in [2.45, 2.75) is 94.9 Å². The molecule has 3 unspecified atom stereocenters. The molecule has 1 aromatic rings. The minimum absolute atomic E-state index is 0.0221. The van der Waals surface area contributed by atoms with Gasteiger partial charge in [0.15, 0.2) is 0 Å². The van der Waals surface area contributed by atoms with Crippen LogP contribution in [0.1, 0.15) is 82.1 Å². The van der Waals surface area contributed by atoms with Crippen LogP contribution in [-0.2, 0) is 4.79 Å². The molecule has 2 saturated carbocycles. The molecule has 1 saturated heterocycles. The van der Waals surface area contributed by atoms with Gasteiger partial charge in [0.2, 0.25) is 5.91 Å². The minimum atomic E-state index is -1.06. The van der Waals surface area contributed by atoms with Gasteiger partial charge < -0.3 is 20.6 Å². The largest absolute Gasteiger partial charge is 0.388 e. The summed E-state index contributed by atoms with van der Waals surface area (Å²) in [5.74, 6) is 0.0464. The number of likely N-dealkylation sites (tertiary alicyclic amines) is 1. The molecule has 3 fully saturated rings. The second kappa shape index (κ2) is 9.27. The topological polar surface area (TPSA) is 81.7 Å². The SMILES string of the molecule is CC1(O)CCN(C(=O)NC2CCCCC2)C(c2cccs2)C1NC(=O)C1CCCC1. The van der Waals surface area contributed by atoms with Crippen molar-refractivity contribution in [1.29, 1.82) is 0 Å². The van der Waals surface area contributed by atoms with E-state index in [1.54, 1.807) is 18.3 Å². The van der Waals surface area contributed by atoms with Gasteiger partial charge in [-0.1, -0.05) is 38.2 Å². The standard InChI is InChI=1S/C23H35N3O3S/c1-23(29)13-14-26(22(28)24-17-10-3-2-4-11-17)19(18-12-7-15-30-18)20(23)25-21(27)16-8-5-6-9-16/h7,12,15-17,19-20,29H,2-6,8-11,13-14H2,1H3,(H,24,28)(H,25,27). The first-order valence-corrected chi connectivity index (χ1v) is 12.5. The molecule has 3 atom stereocenters. The highest BCUT2D eigenvalue weighted by Gasteiger charge is 2.48. The first kappa shape index (κ1) is 21.6. The number of carbonyl (C=O) groups excluding carboxylic acids is 2. The van der Waals surface area contributed by atoms with E-state index >= 15 is 0 Å². The lowest BCUT2D eigenvalue weighted by molar-refractivity contribution is -0.131. The number of carbonyl (C=O) groups is 2. The summed E-state index contributed by atoms with van der Waals surface area (Å²) in [5.41, 5.74) is -1.06. The number of urea groups is 1. The molecular weight excluding hydrogens is 398 g/mol. The number of rotatable bonds is 4. The third-order valence-electron chi connectivity index (χ3n) is 7.23. The van der Waals surface area contributed by atoms with Gasteiger partial charge in [-0.3, -0.25) is 4.79 Å². The molecule has 7 heteroatoms. The number of nitrogens with zero attached hydrogens (tertiary/aromatic N) is 1. The Kier molecular flexibility index (Phi) is 6.68. The van der Waals surface area contributed by atoms with E-state index in [1.165, 1.54) is 6.42 Å². The number of thiophene rings is 1. The smallest absolute Gasteiger partial charge is 0.318 e. The first-order valence-electron chi connectivity index (χ1n) is 11.6. The van der Waals surface area contributed by atoms with E-state index in [4.69, 9.17) is 0 Å². The predicted molar refractivity (Wildman–Crippen MR) is 118 cm³/mol. The van der Waals surface area contributed by atoms with Gasteiger partial charge in [0, 0.05) is 23.4 Å². The van der Waals surface area contributed by atoms with Crippen LogP contribution in [0.2, 0.25) is 0 Å². The van der Waals surface area contributed by atoms with Crippen molar-refractivity contribution in [2.24, 2.45) is 5.92 Å². The van der Waals surface area contributed by atoms with Crippen LogP contribution >= 0.6 is 11.3 Å². The minimum Gasteiger partial charge on any atom is -0.388 e. The van der Waals surface area contributed by atoms with Crippen LogP contribution in [0.5, 0.6) is 0 Å². The molecule has 0 radical (unpaired) electrons. The summed E-state index contributed by atoms with van der Waals surface area (Å²) in [6, 6.07) is 3.25. The highest BCUT2D eigenvalue weighted by Crippen LogP contribution is 2.39. The van der Waals surface area contributed by atoms with Gasteiger partial charge in [-0.05, 0) is 50.5 Å². The van der Waals surface area contributed by atoms with Crippen molar-refractivity contribution in [2.75, 3.05) is 6.54 Å². The summed E-state index contributed by atoms with van der Waals surface area (Å²) in [6.07, 6.45) is 10.1. The number of amides is 3. The van der Waals surface area contributed by atoms with Crippen LogP contribution in [-0.4, -0.2) is 46.2 Å². The van der Waals surface area contributed by atoms with Crippen molar-refractivity contribution in [3.8, 4) is 0 Å². The van der Waals surface area contributed by atoms with E-state index in [9.17, 15) is 14.7 Å². The van der Waals surface area contributed by atoms with E-state index in [1.807, 2.05) is 22.4 Å². The second-order valence-corrected chi connectivity index (χ2v) is 10.5. The Labute approximate surface area is 183 Å². The van der Waals surface area contributed by atoms with Crippen LogP contribution in [0.25, 0.3) is 0 Å². The summed E-state index contributed by atoms with van der Waals surface area (Å²) >= 11 is 1.58. The fraction of sp³-hybridized carbons (Fsp3) is 0.739. The lowest BCUT2D eigenvalue weighted by Crippen LogP contribution is -2.65. The zero-order valence-corrected chi connectivity index (χ0v) is 18.8. The zero-order chi connectivity index (χ0) is 21.1. The molecule has 3 aliphatic rings. The first-order chi connectivity index (χ1) is 14.5. The predicted octanol–water partition coefficient (Wildman–Crippen LogP) is 3.96. The molecule has 2 aliphatic carbocycles. The summed E-state index contributed by atoms with van der Waals surface area (Å²) in [5, 5.41) is 19.6. The summed E-state index contributed by atoms with van der Waals surface area (Å²) < 4.78 is 0. The van der Waals surface area contributed by atoms with E-state index in [-0.39, 0.29) is 29.9 Å². The van der Waals surface area contributed by atoms with Crippen molar-refractivity contribution >= 4 is 23.3 Å². The quantitative estimate of drug-likeness (QED) is 0.672. The van der Waals surface area contributed by atoms with Gasteiger partial charge in [0.25, 0.3) is 0 Å². The van der Waals surface area contributed by atoms with E-state index in [0.29, 0.717) is 13.0 Å². The van der Waals surface area contributed by atoms with Crippen LogP contribution < -0.4 is 10.6 Å². The maximum Gasteiger partial charge on any atom is 0.318 e. The van der Waals surface area contributed by atoms with E-state index in [2.05, 4.69) is 10.6 Å². The van der Waals surface area contributed by atoms with E-state index < -0.39 is 11.6 Å². The van der Waals surface area contributed by atoms with Crippen molar-refractivity contribution in [3.63, 3.8) is 0 Å². The summed E-state index contributed by atoms with van der Waals surface area (Å²) in [7, 11) is 0. The average Bonchev–Trinajstić information content (AvgIpc) is 3.44. The molecule has 4 rings (SSSR count). The molecule has 0 aromatic carbocycles. The third kappa shape index (κ3) is 4.67. The Bertz CT molecular complexity index is 724. The number of nitrogens with one attached hydrogen (secondary N) is 2. The number of hydrogen-bond donors (Lipinski definition) is 3. The number of piperidine rings is 1. The normalized spacial score (nSPS) is 30.9. The van der Waals surface area contributed by atoms with Gasteiger partial charge in [-0.2, -0.15) is 0 Å². The number of aliphatic hydroxyl groups is 1. The third-order valence-corrected chi connectivity index (χ3v) is 8.18. The van der Waals surface area contributed by atoms with Crippen LogP contribution in [0.15, 0.2) is 17.5 Å². The van der Waals surface area contributed by atoms with Crippen molar-refractivity contribution in [3.05, 3.63) is 22.4 Å². The summed E-state index contributed by atoms with van der Waals surface area (Å²) in [4.78, 5) is 29.1. The molecule has 1 aromatic heterocycles. The highest BCUT2D eigenvalue weighted by molar-refractivity contribution is 7.10. The number of hydrogen-bond acceptors (Lipinski definition) is 4.